The average Bonchev–Trinajstić information content (AvgIpc) is 3.51. The summed E-state index contributed by atoms with van der Waals surface area (Å²) in [6.07, 6.45) is 1.93. The lowest BCUT2D eigenvalue weighted by Crippen LogP contribution is -2.49. The number of nitrogens with one attached hydrogen (secondary N) is 2. The van der Waals surface area contributed by atoms with Gasteiger partial charge in [-0.1, -0.05) is 60.7 Å². The number of ketones is 1. The van der Waals surface area contributed by atoms with Crippen molar-refractivity contribution < 1.29 is 18.8 Å². The Hall–Kier alpha value is -3.74. The van der Waals surface area contributed by atoms with Gasteiger partial charge in [0.05, 0.1) is 0 Å². The van der Waals surface area contributed by atoms with Gasteiger partial charge in [0, 0.05) is 24.9 Å². The van der Waals surface area contributed by atoms with Crippen LogP contribution < -0.4 is 10.6 Å². The van der Waals surface area contributed by atoms with Crippen LogP contribution in [0.3, 0.4) is 0 Å². The molecule has 2 amide bonds. The first-order chi connectivity index (χ1) is 15.0. The molecule has 2 N–H and O–H groups in total. The predicted octanol–water partition coefficient (Wildman–Crippen LogP) is 2.84. The zero-order valence-electron chi connectivity index (χ0n) is 17.1. The van der Waals surface area contributed by atoms with Crippen LogP contribution in [-0.2, 0) is 16.0 Å². The second kappa shape index (κ2) is 8.95. The van der Waals surface area contributed by atoms with Gasteiger partial charge in [0.1, 0.15) is 11.7 Å². The summed E-state index contributed by atoms with van der Waals surface area (Å²) in [6, 6.07) is 17.5. The number of carbonyl (C=O) groups excluding carboxylic acids is 3. The molecule has 0 saturated heterocycles. The number of aromatic nitrogens is 1. The van der Waals surface area contributed by atoms with Crippen LogP contribution in [-0.4, -0.2) is 34.7 Å². The number of rotatable bonds is 8. The smallest absolute Gasteiger partial charge is 0.290 e. The molecule has 4 rings (SSSR count). The molecule has 1 saturated carbocycles. The number of aryl methyl sites for hydroxylation is 1. The molecular formula is C24H23N3O4. The molecule has 1 atom stereocenters. The summed E-state index contributed by atoms with van der Waals surface area (Å²) in [6.45, 7) is 1.65. The Balaban J connectivity index is 1.58. The number of amides is 2. The summed E-state index contributed by atoms with van der Waals surface area (Å²) in [5, 5.41) is 5.40. The van der Waals surface area contributed by atoms with E-state index in [1.54, 1.807) is 6.92 Å². The summed E-state index contributed by atoms with van der Waals surface area (Å²) in [7, 11) is 0. The van der Waals surface area contributed by atoms with E-state index < -0.39 is 23.6 Å². The number of nitrogens with zero attached hydrogens (tertiary/aromatic N) is 1. The molecule has 31 heavy (non-hydrogen) atoms. The van der Waals surface area contributed by atoms with Crippen molar-refractivity contribution in [3.8, 4) is 11.3 Å². The van der Waals surface area contributed by atoms with Crippen LogP contribution in [0.25, 0.3) is 11.3 Å². The van der Waals surface area contributed by atoms with E-state index in [9.17, 15) is 14.4 Å². The molecular weight excluding hydrogens is 394 g/mol. The minimum absolute atomic E-state index is 0.0113. The Morgan fingerprint density at radius 2 is 1.68 bits per heavy atom. The van der Waals surface area contributed by atoms with Crippen molar-refractivity contribution in [2.24, 2.45) is 0 Å². The highest BCUT2D eigenvalue weighted by atomic mass is 16.4. The van der Waals surface area contributed by atoms with Crippen LogP contribution >= 0.6 is 0 Å². The van der Waals surface area contributed by atoms with E-state index in [0.717, 1.165) is 24.0 Å². The number of oxazole rings is 1. The molecule has 0 spiro atoms. The fraction of sp³-hybridized carbons (Fsp3) is 0.250. The molecule has 7 heteroatoms. The Morgan fingerprint density at radius 1 is 1.03 bits per heavy atom. The van der Waals surface area contributed by atoms with Gasteiger partial charge in [-0.25, -0.2) is 4.98 Å². The molecule has 1 aliphatic carbocycles. The highest BCUT2D eigenvalue weighted by molar-refractivity contribution is 6.38. The molecule has 7 nitrogen and oxygen atoms in total. The Morgan fingerprint density at radius 3 is 2.32 bits per heavy atom. The monoisotopic (exact) mass is 417 g/mol. The van der Waals surface area contributed by atoms with Crippen LogP contribution in [0.4, 0.5) is 0 Å². The van der Waals surface area contributed by atoms with Crippen LogP contribution in [0.1, 0.15) is 34.9 Å². The van der Waals surface area contributed by atoms with Gasteiger partial charge in [0.2, 0.25) is 11.5 Å². The molecule has 158 valence electrons. The highest BCUT2D eigenvalue weighted by Crippen LogP contribution is 2.24. The molecule has 1 heterocycles. The van der Waals surface area contributed by atoms with E-state index in [2.05, 4.69) is 15.6 Å². The van der Waals surface area contributed by atoms with E-state index in [4.69, 9.17) is 4.42 Å². The van der Waals surface area contributed by atoms with Crippen molar-refractivity contribution in [3.63, 3.8) is 0 Å². The normalized spacial score (nSPS) is 14.0. The van der Waals surface area contributed by atoms with E-state index in [1.807, 2.05) is 60.7 Å². The molecule has 1 unspecified atom stereocenters. The predicted molar refractivity (Wildman–Crippen MR) is 114 cm³/mol. The number of hydrogen-bond donors (Lipinski definition) is 2. The molecule has 2 aromatic carbocycles. The zero-order valence-corrected chi connectivity index (χ0v) is 17.1. The van der Waals surface area contributed by atoms with Gasteiger partial charge >= 0.3 is 0 Å². The molecule has 0 radical (unpaired) electrons. The van der Waals surface area contributed by atoms with E-state index in [-0.39, 0.29) is 18.2 Å². The van der Waals surface area contributed by atoms with E-state index in [0.29, 0.717) is 11.6 Å². The fourth-order valence-electron chi connectivity index (χ4n) is 3.30. The fourth-order valence-corrected chi connectivity index (χ4v) is 3.30. The molecule has 1 aromatic heterocycles. The number of hydrogen-bond acceptors (Lipinski definition) is 5. The molecule has 0 aliphatic heterocycles. The first-order valence-electron chi connectivity index (χ1n) is 10.2. The molecule has 1 aliphatic rings. The van der Waals surface area contributed by atoms with Crippen molar-refractivity contribution in [2.45, 2.75) is 38.3 Å². The summed E-state index contributed by atoms with van der Waals surface area (Å²) in [5.74, 6) is -1.60. The lowest BCUT2D eigenvalue weighted by Gasteiger charge is -2.17. The SMILES string of the molecule is Cc1nc(-c2ccccc2)c(C(=O)NC(Cc2ccccc2)C(=O)C(=O)NC2CC2)o1. The van der Waals surface area contributed by atoms with Gasteiger partial charge < -0.3 is 15.1 Å². The average molecular weight is 417 g/mol. The standard InChI is InChI=1S/C24H23N3O4/c1-15-25-20(17-10-6-3-7-11-17)22(31-15)24(30)27-19(14-16-8-4-2-5-9-16)21(28)23(29)26-18-12-13-18/h2-11,18-19H,12-14H2,1H3,(H,26,29)(H,27,30). The van der Waals surface area contributed by atoms with Gasteiger partial charge in [0.15, 0.2) is 5.89 Å². The summed E-state index contributed by atoms with van der Waals surface area (Å²) < 4.78 is 5.56. The van der Waals surface area contributed by atoms with Gasteiger partial charge in [-0.3, -0.25) is 14.4 Å². The number of carbonyl (C=O) groups is 3. The van der Waals surface area contributed by atoms with Crippen LogP contribution in [0, 0.1) is 6.92 Å². The van der Waals surface area contributed by atoms with Crippen molar-refractivity contribution in [1.29, 1.82) is 0 Å². The van der Waals surface area contributed by atoms with Crippen molar-refractivity contribution in [1.82, 2.24) is 15.6 Å². The quantitative estimate of drug-likeness (QED) is 0.549. The van der Waals surface area contributed by atoms with E-state index in [1.165, 1.54) is 0 Å². The first kappa shape index (κ1) is 20.5. The van der Waals surface area contributed by atoms with Crippen LogP contribution in [0.15, 0.2) is 65.1 Å². The molecule has 0 bridgehead atoms. The minimum atomic E-state index is -1.03. The Kier molecular flexibility index (Phi) is 5.93. The largest absolute Gasteiger partial charge is 0.435 e. The van der Waals surface area contributed by atoms with E-state index >= 15 is 0 Å². The highest BCUT2D eigenvalue weighted by Gasteiger charge is 2.33. The maximum absolute atomic E-state index is 13.1. The Bertz CT molecular complexity index is 1090. The lowest BCUT2D eigenvalue weighted by molar-refractivity contribution is -0.139. The maximum atomic E-state index is 13.1. The topological polar surface area (TPSA) is 101 Å². The number of Topliss-reactive ketones (excluding diaryl/α,β-unsaturated/α-hetero) is 1. The zero-order chi connectivity index (χ0) is 21.8. The summed E-state index contributed by atoms with van der Waals surface area (Å²) >= 11 is 0. The summed E-state index contributed by atoms with van der Waals surface area (Å²) in [5.41, 5.74) is 1.95. The number of benzene rings is 2. The minimum Gasteiger partial charge on any atom is -0.435 e. The van der Waals surface area contributed by atoms with Crippen molar-refractivity contribution >= 4 is 17.6 Å². The Labute approximate surface area is 179 Å². The van der Waals surface area contributed by atoms with Crippen LogP contribution in [0.5, 0.6) is 0 Å². The third kappa shape index (κ3) is 5.06. The van der Waals surface area contributed by atoms with Gasteiger partial charge in [-0.2, -0.15) is 0 Å². The van der Waals surface area contributed by atoms with Crippen LogP contribution in [0.2, 0.25) is 0 Å². The lowest BCUT2D eigenvalue weighted by atomic mass is 10.0. The van der Waals surface area contributed by atoms with Crippen molar-refractivity contribution in [3.05, 3.63) is 77.9 Å². The second-order valence-electron chi connectivity index (χ2n) is 7.60. The second-order valence-corrected chi connectivity index (χ2v) is 7.60. The maximum Gasteiger partial charge on any atom is 0.290 e. The molecule has 3 aromatic rings. The van der Waals surface area contributed by atoms with Crippen molar-refractivity contribution in [2.75, 3.05) is 0 Å². The van der Waals surface area contributed by atoms with Gasteiger partial charge in [-0.15, -0.1) is 0 Å². The first-order valence-corrected chi connectivity index (χ1v) is 10.2. The summed E-state index contributed by atoms with van der Waals surface area (Å²) in [4.78, 5) is 42.7. The third-order valence-corrected chi connectivity index (χ3v) is 5.03. The van der Waals surface area contributed by atoms with Gasteiger partial charge in [-0.05, 0) is 18.4 Å². The third-order valence-electron chi connectivity index (χ3n) is 5.03. The van der Waals surface area contributed by atoms with Gasteiger partial charge in [0.25, 0.3) is 11.8 Å². The molecule has 1 fully saturated rings.